The summed E-state index contributed by atoms with van der Waals surface area (Å²) in [6.07, 6.45) is 3.07. The monoisotopic (exact) mass is 354 g/mol. The second-order valence-electron chi connectivity index (χ2n) is 6.34. The number of nitrogens with one attached hydrogen (secondary N) is 1. The van der Waals surface area contributed by atoms with Crippen LogP contribution in [0.2, 0.25) is 5.02 Å². The van der Waals surface area contributed by atoms with Crippen molar-refractivity contribution in [2.75, 3.05) is 19.6 Å². The Kier molecular flexibility index (Phi) is 5.90. The summed E-state index contributed by atoms with van der Waals surface area (Å²) in [6, 6.07) is 18.2. The molecule has 0 aromatic heterocycles. The molecule has 0 saturated carbocycles. The zero-order valence-electron chi connectivity index (χ0n) is 14.4. The molecule has 3 rings (SSSR count). The van der Waals surface area contributed by atoms with Crippen molar-refractivity contribution in [3.63, 3.8) is 0 Å². The van der Waals surface area contributed by atoms with Gasteiger partial charge < -0.3 is 10.2 Å². The predicted molar refractivity (Wildman–Crippen MR) is 103 cm³/mol. The van der Waals surface area contributed by atoms with E-state index < -0.39 is 0 Å². The molecule has 0 fully saturated rings. The van der Waals surface area contributed by atoms with Crippen LogP contribution in [0.25, 0.3) is 5.57 Å². The van der Waals surface area contributed by atoms with E-state index in [0.717, 1.165) is 18.5 Å². The standard InChI is InChI=1S/C21H23ClN2O/c1-16(19-8-5-9-20(22)14-19)23-15-21(25)24-12-10-18(11-13-24)17-6-3-2-4-7-17/h2-10,14,16,23H,11-13,15H2,1H3/t16-/m0/s1. The number of amides is 1. The average molecular weight is 355 g/mol. The zero-order valence-corrected chi connectivity index (χ0v) is 15.2. The molecule has 2 aromatic carbocycles. The van der Waals surface area contributed by atoms with Crippen molar-refractivity contribution in [2.24, 2.45) is 0 Å². The summed E-state index contributed by atoms with van der Waals surface area (Å²) in [5.74, 6) is 0.136. The van der Waals surface area contributed by atoms with Gasteiger partial charge in [-0.3, -0.25) is 4.79 Å². The highest BCUT2D eigenvalue weighted by Gasteiger charge is 2.18. The summed E-state index contributed by atoms with van der Waals surface area (Å²) < 4.78 is 0. The molecule has 0 spiro atoms. The SMILES string of the molecule is C[C@H](NCC(=O)N1CC=C(c2ccccc2)CC1)c1cccc(Cl)c1. The summed E-state index contributed by atoms with van der Waals surface area (Å²) in [6.45, 7) is 3.83. The Balaban J connectivity index is 1.52. The smallest absolute Gasteiger partial charge is 0.236 e. The summed E-state index contributed by atoms with van der Waals surface area (Å²) in [5.41, 5.74) is 3.66. The molecule has 130 valence electrons. The van der Waals surface area contributed by atoms with E-state index in [1.165, 1.54) is 11.1 Å². The molecule has 0 radical (unpaired) electrons. The van der Waals surface area contributed by atoms with Crippen LogP contribution in [0.5, 0.6) is 0 Å². The van der Waals surface area contributed by atoms with Crippen LogP contribution >= 0.6 is 11.6 Å². The minimum atomic E-state index is 0.0860. The summed E-state index contributed by atoms with van der Waals surface area (Å²) in [4.78, 5) is 14.4. The number of hydrogen-bond acceptors (Lipinski definition) is 2. The van der Waals surface area contributed by atoms with Gasteiger partial charge in [-0.2, -0.15) is 0 Å². The van der Waals surface area contributed by atoms with Crippen LogP contribution in [0.4, 0.5) is 0 Å². The molecule has 1 aliphatic rings. The number of carbonyl (C=O) groups excluding carboxylic acids is 1. The molecule has 1 amide bonds. The molecule has 0 aliphatic carbocycles. The first kappa shape index (κ1) is 17.7. The number of carbonyl (C=O) groups is 1. The van der Waals surface area contributed by atoms with Crippen LogP contribution in [-0.2, 0) is 4.79 Å². The van der Waals surface area contributed by atoms with Gasteiger partial charge >= 0.3 is 0 Å². The molecular weight excluding hydrogens is 332 g/mol. The van der Waals surface area contributed by atoms with E-state index in [0.29, 0.717) is 18.1 Å². The first-order valence-corrected chi connectivity index (χ1v) is 9.02. The van der Waals surface area contributed by atoms with Crippen LogP contribution in [0, 0.1) is 0 Å². The van der Waals surface area contributed by atoms with Gasteiger partial charge in [0.05, 0.1) is 6.54 Å². The van der Waals surface area contributed by atoms with E-state index in [2.05, 4.69) is 35.7 Å². The van der Waals surface area contributed by atoms with Crippen molar-refractivity contribution in [1.82, 2.24) is 10.2 Å². The van der Waals surface area contributed by atoms with Crippen molar-refractivity contribution < 1.29 is 4.79 Å². The lowest BCUT2D eigenvalue weighted by atomic mass is 9.99. The van der Waals surface area contributed by atoms with Crippen molar-refractivity contribution in [1.29, 1.82) is 0 Å². The van der Waals surface area contributed by atoms with Crippen LogP contribution < -0.4 is 5.32 Å². The highest BCUT2D eigenvalue weighted by Crippen LogP contribution is 2.22. The minimum Gasteiger partial charge on any atom is -0.338 e. The van der Waals surface area contributed by atoms with E-state index >= 15 is 0 Å². The van der Waals surface area contributed by atoms with Crippen LogP contribution in [0.3, 0.4) is 0 Å². The highest BCUT2D eigenvalue weighted by molar-refractivity contribution is 6.30. The van der Waals surface area contributed by atoms with E-state index in [-0.39, 0.29) is 11.9 Å². The van der Waals surface area contributed by atoms with E-state index in [1.807, 2.05) is 42.2 Å². The van der Waals surface area contributed by atoms with Gasteiger partial charge in [-0.05, 0) is 42.2 Å². The number of halogens is 1. The molecule has 0 unspecified atom stereocenters. The fourth-order valence-corrected chi connectivity index (χ4v) is 3.25. The summed E-state index contributed by atoms with van der Waals surface area (Å²) in [5, 5.41) is 4.01. The second-order valence-corrected chi connectivity index (χ2v) is 6.78. The van der Waals surface area contributed by atoms with Crippen molar-refractivity contribution in [2.45, 2.75) is 19.4 Å². The maximum atomic E-state index is 12.5. The molecule has 0 saturated heterocycles. The first-order chi connectivity index (χ1) is 12.1. The fourth-order valence-electron chi connectivity index (χ4n) is 3.06. The van der Waals surface area contributed by atoms with E-state index in [4.69, 9.17) is 11.6 Å². The fraction of sp³-hybridized carbons (Fsp3) is 0.286. The lowest BCUT2D eigenvalue weighted by Gasteiger charge is -2.27. The van der Waals surface area contributed by atoms with Crippen LogP contribution in [-0.4, -0.2) is 30.4 Å². The van der Waals surface area contributed by atoms with Crippen molar-refractivity contribution in [3.8, 4) is 0 Å². The Labute approximate surface area is 154 Å². The third kappa shape index (κ3) is 4.71. The third-order valence-electron chi connectivity index (χ3n) is 4.61. The maximum absolute atomic E-state index is 12.5. The lowest BCUT2D eigenvalue weighted by Crippen LogP contribution is -2.41. The van der Waals surface area contributed by atoms with Gasteiger partial charge in [-0.15, -0.1) is 0 Å². The van der Waals surface area contributed by atoms with Gasteiger partial charge in [0.15, 0.2) is 0 Å². The molecule has 4 heteroatoms. The normalized spacial score (nSPS) is 15.6. The average Bonchev–Trinajstić information content (AvgIpc) is 2.66. The van der Waals surface area contributed by atoms with Gasteiger partial charge in [0.25, 0.3) is 0 Å². The van der Waals surface area contributed by atoms with Gasteiger partial charge in [-0.25, -0.2) is 0 Å². The molecule has 1 atom stereocenters. The molecular formula is C21H23ClN2O. The number of nitrogens with zero attached hydrogens (tertiary/aromatic N) is 1. The second kappa shape index (κ2) is 8.32. The van der Waals surface area contributed by atoms with Gasteiger partial charge in [-0.1, -0.05) is 60.1 Å². The molecule has 1 heterocycles. The summed E-state index contributed by atoms with van der Waals surface area (Å²) >= 11 is 6.03. The van der Waals surface area contributed by atoms with E-state index in [9.17, 15) is 4.79 Å². The minimum absolute atomic E-state index is 0.0860. The predicted octanol–water partition coefficient (Wildman–Crippen LogP) is 4.31. The topological polar surface area (TPSA) is 32.3 Å². The number of benzene rings is 2. The maximum Gasteiger partial charge on any atom is 0.236 e. The van der Waals surface area contributed by atoms with Gasteiger partial charge in [0.1, 0.15) is 0 Å². The molecule has 1 N–H and O–H groups in total. The summed E-state index contributed by atoms with van der Waals surface area (Å²) in [7, 11) is 0. The Morgan fingerprint density at radius 3 is 2.68 bits per heavy atom. The molecule has 1 aliphatic heterocycles. The molecule has 25 heavy (non-hydrogen) atoms. The number of hydrogen-bond donors (Lipinski definition) is 1. The molecule has 3 nitrogen and oxygen atoms in total. The highest BCUT2D eigenvalue weighted by atomic mass is 35.5. The molecule has 2 aromatic rings. The number of rotatable bonds is 5. The lowest BCUT2D eigenvalue weighted by molar-refractivity contribution is -0.129. The van der Waals surface area contributed by atoms with E-state index in [1.54, 1.807) is 0 Å². The van der Waals surface area contributed by atoms with Crippen LogP contribution in [0.15, 0.2) is 60.7 Å². The van der Waals surface area contributed by atoms with Crippen LogP contribution in [0.1, 0.15) is 30.5 Å². The van der Waals surface area contributed by atoms with Gasteiger partial charge in [0.2, 0.25) is 5.91 Å². The van der Waals surface area contributed by atoms with Crippen molar-refractivity contribution in [3.05, 3.63) is 76.8 Å². The third-order valence-corrected chi connectivity index (χ3v) is 4.85. The van der Waals surface area contributed by atoms with Gasteiger partial charge in [0, 0.05) is 24.2 Å². The Morgan fingerprint density at radius 2 is 2.00 bits per heavy atom. The largest absolute Gasteiger partial charge is 0.338 e. The quantitative estimate of drug-likeness (QED) is 0.867. The Hall–Kier alpha value is -2.10. The Bertz CT molecular complexity index is 758. The first-order valence-electron chi connectivity index (χ1n) is 8.64. The van der Waals surface area contributed by atoms with Crippen molar-refractivity contribution >= 4 is 23.1 Å². The zero-order chi connectivity index (χ0) is 17.6. The molecule has 0 bridgehead atoms. The Morgan fingerprint density at radius 1 is 1.20 bits per heavy atom.